The summed E-state index contributed by atoms with van der Waals surface area (Å²) >= 11 is 0. The van der Waals surface area contributed by atoms with Crippen LogP contribution >= 0.6 is 0 Å². The Balaban J connectivity index is 1.29. The number of para-hydroxylation sites is 1. The van der Waals surface area contributed by atoms with Crippen LogP contribution in [0.4, 0.5) is 15.3 Å². The predicted molar refractivity (Wildman–Crippen MR) is 124 cm³/mol. The first-order valence-corrected chi connectivity index (χ1v) is 12.4. The molecular weight excluding hydrogens is 404 g/mol. The molecule has 7 heteroatoms. The van der Waals surface area contributed by atoms with Gasteiger partial charge in [0.2, 0.25) is 0 Å². The van der Waals surface area contributed by atoms with Crippen LogP contribution in [0.3, 0.4) is 0 Å². The molecule has 1 spiro atoms. The fourth-order valence-electron chi connectivity index (χ4n) is 7.00. The van der Waals surface area contributed by atoms with E-state index in [1.807, 2.05) is 17.9 Å². The molecule has 2 bridgehead atoms. The van der Waals surface area contributed by atoms with Crippen molar-refractivity contribution < 1.29 is 14.3 Å². The summed E-state index contributed by atoms with van der Waals surface area (Å²) in [5.41, 5.74) is 8.15. The zero-order valence-corrected chi connectivity index (χ0v) is 19.2. The quantitative estimate of drug-likeness (QED) is 0.758. The molecule has 1 aromatic carbocycles. The molecule has 0 aromatic heterocycles. The van der Waals surface area contributed by atoms with Crippen molar-refractivity contribution >= 4 is 17.8 Å². The topological polar surface area (TPSA) is 79.1 Å². The van der Waals surface area contributed by atoms with E-state index in [9.17, 15) is 9.59 Å². The van der Waals surface area contributed by atoms with Gasteiger partial charge in [-0.25, -0.2) is 9.59 Å². The first-order chi connectivity index (χ1) is 15.5. The predicted octanol–water partition coefficient (Wildman–Crippen LogP) is 3.85. The molecule has 2 N–H and O–H groups in total. The zero-order chi connectivity index (χ0) is 22.3. The summed E-state index contributed by atoms with van der Waals surface area (Å²) in [5, 5.41) is 0. The van der Waals surface area contributed by atoms with Gasteiger partial charge in [0, 0.05) is 30.4 Å². The largest absolute Gasteiger partial charge is 0.450 e. The highest BCUT2D eigenvalue weighted by molar-refractivity contribution is 5.92. The molecule has 1 aromatic rings. The van der Waals surface area contributed by atoms with Gasteiger partial charge in [0.25, 0.3) is 0 Å². The molecule has 32 heavy (non-hydrogen) atoms. The summed E-state index contributed by atoms with van der Waals surface area (Å²) in [5.74, 6) is 0. The molecule has 174 valence electrons. The number of amides is 3. The van der Waals surface area contributed by atoms with Crippen LogP contribution in [0.15, 0.2) is 24.3 Å². The number of piperidine rings is 2. The Morgan fingerprint density at radius 2 is 1.72 bits per heavy atom. The number of primary amides is 1. The van der Waals surface area contributed by atoms with Gasteiger partial charge in [-0.05, 0) is 88.4 Å². The molecule has 2 atom stereocenters. The first kappa shape index (κ1) is 21.6. The summed E-state index contributed by atoms with van der Waals surface area (Å²) in [4.78, 5) is 31.0. The van der Waals surface area contributed by atoms with E-state index < -0.39 is 0 Å². The third kappa shape index (κ3) is 3.64. The minimum Gasteiger partial charge on any atom is -0.450 e. The Labute approximate surface area is 190 Å². The van der Waals surface area contributed by atoms with Crippen LogP contribution in [0.25, 0.3) is 0 Å². The van der Waals surface area contributed by atoms with Gasteiger partial charge in [0.05, 0.1) is 6.61 Å². The number of nitrogens with two attached hydrogens (primary N) is 1. The SMILES string of the molecule is CCOC(=O)N1C2CCC1CC(N1CCC3(CCCN(C(N)=O)c4ccccc43)CC1)C2. The summed E-state index contributed by atoms with van der Waals surface area (Å²) in [6, 6.07) is 9.24. The summed E-state index contributed by atoms with van der Waals surface area (Å²) in [6.45, 7) is 5.18. The Morgan fingerprint density at radius 1 is 1.03 bits per heavy atom. The van der Waals surface area contributed by atoms with Gasteiger partial charge in [-0.2, -0.15) is 0 Å². The second-order valence-electron chi connectivity index (χ2n) is 10.0. The second kappa shape index (κ2) is 8.58. The highest BCUT2D eigenvalue weighted by Gasteiger charge is 2.47. The number of hydrogen-bond donors (Lipinski definition) is 1. The van der Waals surface area contributed by atoms with E-state index >= 15 is 0 Å². The summed E-state index contributed by atoms with van der Waals surface area (Å²) < 4.78 is 5.33. The lowest BCUT2D eigenvalue weighted by Crippen LogP contribution is -2.55. The number of likely N-dealkylation sites (tertiary alicyclic amines) is 1. The van der Waals surface area contributed by atoms with Crippen LogP contribution < -0.4 is 10.6 Å². The minimum absolute atomic E-state index is 0.120. The van der Waals surface area contributed by atoms with Crippen molar-refractivity contribution in [3.05, 3.63) is 29.8 Å². The number of urea groups is 1. The average Bonchev–Trinajstić information content (AvgIpc) is 2.97. The number of carbonyl (C=O) groups excluding carboxylic acids is 2. The Hall–Kier alpha value is -2.28. The molecule has 0 radical (unpaired) electrons. The number of nitrogens with zero attached hydrogens (tertiary/aromatic N) is 3. The number of rotatable bonds is 2. The van der Waals surface area contributed by atoms with Crippen LogP contribution in [-0.2, 0) is 10.2 Å². The van der Waals surface area contributed by atoms with Crippen LogP contribution in [0.1, 0.15) is 63.9 Å². The number of benzene rings is 1. The molecule has 3 saturated heterocycles. The maximum absolute atomic E-state index is 12.4. The van der Waals surface area contributed by atoms with Crippen molar-refractivity contribution in [1.29, 1.82) is 0 Å². The van der Waals surface area contributed by atoms with Crippen molar-refractivity contribution in [1.82, 2.24) is 9.80 Å². The van der Waals surface area contributed by atoms with Crippen LogP contribution in [0.2, 0.25) is 0 Å². The Kier molecular flexibility index (Phi) is 5.78. The number of anilines is 1. The number of hydrogen-bond acceptors (Lipinski definition) is 4. The van der Waals surface area contributed by atoms with Gasteiger partial charge in [0.1, 0.15) is 0 Å². The maximum Gasteiger partial charge on any atom is 0.410 e. The molecule has 7 nitrogen and oxygen atoms in total. The fourth-order valence-corrected chi connectivity index (χ4v) is 7.00. The lowest BCUT2D eigenvalue weighted by atomic mass is 9.69. The van der Waals surface area contributed by atoms with Gasteiger partial charge in [-0.15, -0.1) is 0 Å². The van der Waals surface area contributed by atoms with E-state index in [1.165, 1.54) is 5.56 Å². The van der Waals surface area contributed by atoms with Crippen LogP contribution in [-0.4, -0.2) is 66.3 Å². The smallest absolute Gasteiger partial charge is 0.410 e. The molecule has 4 aliphatic heterocycles. The van der Waals surface area contributed by atoms with Crippen molar-refractivity contribution in [3.63, 3.8) is 0 Å². The van der Waals surface area contributed by atoms with Gasteiger partial charge in [-0.3, -0.25) is 4.90 Å². The average molecular weight is 441 g/mol. The second-order valence-corrected chi connectivity index (χ2v) is 10.0. The molecule has 2 unspecified atom stereocenters. The van der Waals surface area contributed by atoms with Crippen molar-refractivity contribution in [2.24, 2.45) is 5.73 Å². The van der Waals surface area contributed by atoms with Gasteiger partial charge >= 0.3 is 12.1 Å². The Morgan fingerprint density at radius 3 is 2.38 bits per heavy atom. The zero-order valence-electron chi connectivity index (χ0n) is 19.2. The van der Waals surface area contributed by atoms with Crippen LogP contribution in [0.5, 0.6) is 0 Å². The van der Waals surface area contributed by atoms with E-state index in [1.54, 1.807) is 4.90 Å². The Bertz CT molecular complexity index is 852. The molecular formula is C25H36N4O3. The van der Waals surface area contributed by atoms with Gasteiger partial charge in [0.15, 0.2) is 0 Å². The van der Waals surface area contributed by atoms with Crippen molar-refractivity contribution in [3.8, 4) is 0 Å². The van der Waals surface area contributed by atoms with E-state index in [0.717, 1.165) is 70.1 Å². The van der Waals surface area contributed by atoms with Crippen molar-refractivity contribution in [2.45, 2.75) is 81.8 Å². The normalized spacial score (nSPS) is 29.5. The minimum atomic E-state index is -0.351. The highest BCUT2D eigenvalue weighted by Crippen LogP contribution is 2.47. The van der Waals surface area contributed by atoms with Crippen molar-refractivity contribution in [2.75, 3.05) is 31.1 Å². The molecule has 3 fully saturated rings. The van der Waals surface area contributed by atoms with E-state index in [4.69, 9.17) is 10.5 Å². The number of ether oxygens (including phenoxy) is 1. The lowest BCUT2D eigenvalue weighted by Gasteiger charge is -2.48. The standard InChI is InChI=1S/C25H36N4O3/c1-2-32-24(31)29-18-8-9-19(29)17-20(16-18)27-14-11-25(12-15-27)10-5-13-28(23(26)30)22-7-4-3-6-21(22)25/h3-4,6-7,18-20H,2,5,8-17H2,1H3,(H2,26,30). The molecule has 4 aliphatic rings. The number of fused-ring (bicyclic) bond motifs is 4. The molecule has 0 saturated carbocycles. The summed E-state index contributed by atoms with van der Waals surface area (Å²) in [6.07, 6.45) is 8.54. The maximum atomic E-state index is 12.4. The molecule has 4 heterocycles. The lowest BCUT2D eigenvalue weighted by molar-refractivity contribution is 0.0262. The molecule has 3 amide bonds. The molecule has 0 aliphatic carbocycles. The highest BCUT2D eigenvalue weighted by atomic mass is 16.6. The third-order valence-electron chi connectivity index (χ3n) is 8.53. The first-order valence-electron chi connectivity index (χ1n) is 12.4. The van der Waals surface area contributed by atoms with Crippen LogP contribution in [0, 0.1) is 0 Å². The number of carbonyl (C=O) groups is 2. The third-order valence-corrected chi connectivity index (χ3v) is 8.53. The van der Waals surface area contributed by atoms with E-state index in [-0.39, 0.29) is 17.5 Å². The summed E-state index contributed by atoms with van der Waals surface area (Å²) in [7, 11) is 0. The van der Waals surface area contributed by atoms with Gasteiger partial charge in [-0.1, -0.05) is 18.2 Å². The van der Waals surface area contributed by atoms with E-state index in [2.05, 4.69) is 23.1 Å². The van der Waals surface area contributed by atoms with Gasteiger partial charge < -0.3 is 20.3 Å². The molecule has 5 rings (SSSR count). The van der Waals surface area contributed by atoms with E-state index in [0.29, 0.717) is 31.3 Å². The fraction of sp³-hybridized carbons (Fsp3) is 0.680. The monoisotopic (exact) mass is 440 g/mol.